The lowest BCUT2D eigenvalue weighted by Crippen LogP contribution is -2.48. The summed E-state index contributed by atoms with van der Waals surface area (Å²) in [6, 6.07) is 6.21. The smallest absolute Gasteiger partial charge is 0.272 e. The Morgan fingerprint density at radius 3 is 2.70 bits per heavy atom. The molecule has 0 bridgehead atoms. The van der Waals surface area contributed by atoms with Crippen molar-refractivity contribution in [1.82, 2.24) is 14.8 Å². The van der Waals surface area contributed by atoms with Crippen molar-refractivity contribution in [2.75, 3.05) is 38.0 Å². The maximum atomic E-state index is 12.5. The lowest BCUT2D eigenvalue weighted by molar-refractivity contribution is 0.0638. The summed E-state index contributed by atoms with van der Waals surface area (Å²) in [5.74, 6) is 0.880. The normalized spacial score (nSPS) is 19.9. The summed E-state index contributed by atoms with van der Waals surface area (Å²) in [7, 11) is 0. The first-order valence-electron chi connectivity index (χ1n) is 7.51. The van der Waals surface area contributed by atoms with Gasteiger partial charge >= 0.3 is 0 Å². The second kappa shape index (κ2) is 5.79. The van der Waals surface area contributed by atoms with E-state index in [0.717, 1.165) is 38.5 Å². The molecule has 0 spiro atoms. The molecule has 0 radical (unpaired) electrons. The third kappa shape index (κ3) is 3.10. The Balaban J connectivity index is 1.64. The molecule has 2 heterocycles. The van der Waals surface area contributed by atoms with E-state index < -0.39 is 0 Å². The zero-order valence-corrected chi connectivity index (χ0v) is 12.0. The van der Waals surface area contributed by atoms with Crippen LogP contribution in [0.5, 0.6) is 0 Å². The summed E-state index contributed by atoms with van der Waals surface area (Å²) < 4.78 is 0. The average Bonchev–Trinajstić information content (AvgIpc) is 3.31. The molecule has 2 aliphatic rings. The number of pyridine rings is 1. The van der Waals surface area contributed by atoms with Gasteiger partial charge in [0.15, 0.2) is 0 Å². The summed E-state index contributed by atoms with van der Waals surface area (Å²) in [4.78, 5) is 21.2. The fraction of sp³-hybridized carbons (Fsp3) is 0.600. The van der Waals surface area contributed by atoms with Crippen molar-refractivity contribution in [2.45, 2.75) is 25.8 Å². The van der Waals surface area contributed by atoms with Gasteiger partial charge in [0.2, 0.25) is 0 Å². The zero-order chi connectivity index (χ0) is 13.9. The first-order chi connectivity index (χ1) is 9.76. The van der Waals surface area contributed by atoms with Crippen LogP contribution in [0, 0.1) is 0 Å². The first-order valence-corrected chi connectivity index (χ1v) is 7.51. The SMILES string of the molecule is CCN1CCN(C(=O)c2cccc(NC3CC3)n2)CC1. The highest BCUT2D eigenvalue weighted by atomic mass is 16.2. The van der Waals surface area contributed by atoms with Crippen LogP contribution in [-0.4, -0.2) is 59.5 Å². The molecule has 0 unspecified atom stereocenters. The third-order valence-corrected chi connectivity index (χ3v) is 4.00. The van der Waals surface area contributed by atoms with Gasteiger partial charge in [-0.05, 0) is 31.5 Å². The van der Waals surface area contributed by atoms with Gasteiger partial charge in [-0.15, -0.1) is 0 Å². The van der Waals surface area contributed by atoms with Crippen molar-refractivity contribution in [3.63, 3.8) is 0 Å². The number of aromatic nitrogens is 1. The minimum atomic E-state index is 0.0557. The molecule has 0 aromatic carbocycles. The Kier molecular flexibility index (Phi) is 3.87. The monoisotopic (exact) mass is 274 g/mol. The summed E-state index contributed by atoms with van der Waals surface area (Å²) in [5.41, 5.74) is 0.556. The molecule has 5 heteroatoms. The minimum Gasteiger partial charge on any atom is -0.367 e. The molecule has 1 aliphatic heterocycles. The third-order valence-electron chi connectivity index (χ3n) is 4.00. The standard InChI is InChI=1S/C15H22N4O/c1-2-18-8-10-19(11-9-18)15(20)13-4-3-5-14(17-13)16-12-6-7-12/h3-5,12H,2,6-11H2,1H3,(H,16,17). The van der Waals surface area contributed by atoms with E-state index in [1.54, 1.807) is 0 Å². The number of rotatable bonds is 4. The van der Waals surface area contributed by atoms with E-state index in [2.05, 4.69) is 22.1 Å². The van der Waals surface area contributed by atoms with Gasteiger partial charge in [-0.25, -0.2) is 4.98 Å². The molecule has 1 N–H and O–H groups in total. The molecule has 3 rings (SSSR count). The molecular weight excluding hydrogens is 252 g/mol. The highest BCUT2D eigenvalue weighted by Gasteiger charge is 2.24. The first kappa shape index (κ1) is 13.4. The van der Waals surface area contributed by atoms with Crippen LogP contribution < -0.4 is 5.32 Å². The van der Waals surface area contributed by atoms with Crippen molar-refractivity contribution in [3.05, 3.63) is 23.9 Å². The van der Waals surface area contributed by atoms with Gasteiger partial charge in [-0.3, -0.25) is 4.79 Å². The van der Waals surface area contributed by atoms with Crippen molar-refractivity contribution in [2.24, 2.45) is 0 Å². The van der Waals surface area contributed by atoms with Gasteiger partial charge in [0.25, 0.3) is 5.91 Å². The van der Waals surface area contributed by atoms with Gasteiger partial charge in [0.05, 0.1) is 0 Å². The fourth-order valence-corrected chi connectivity index (χ4v) is 2.50. The van der Waals surface area contributed by atoms with Gasteiger partial charge in [0.1, 0.15) is 11.5 Å². The van der Waals surface area contributed by atoms with Crippen LogP contribution in [-0.2, 0) is 0 Å². The Hall–Kier alpha value is -1.62. The number of piperazine rings is 1. The highest BCUT2D eigenvalue weighted by Crippen LogP contribution is 2.23. The lowest BCUT2D eigenvalue weighted by atomic mass is 10.2. The van der Waals surface area contributed by atoms with Crippen LogP contribution >= 0.6 is 0 Å². The van der Waals surface area contributed by atoms with Crippen LogP contribution in [0.25, 0.3) is 0 Å². The van der Waals surface area contributed by atoms with Crippen LogP contribution in [0.2, 0.25) is 0 Å². The summed E-state index contributed by atoms with van der Waals surface area (Å²) in [6.45, 7) is 6.74. The Morgan fingerprint density at radius 1 is 1.30 bits per heavy atom. The van der Waals surface area contributed by atoms with Crippen molar-refractivity contribution >= 4 is 11.7 Å². The molecule has 20 heavy (non-hydrogen) atoms. The molecule has 1 aromatic rings. The molecule has 5 nitrogen and oxygen atoms in total. The predicted octanol–water partition coefficient (Wildman–Crippen LogP) is 1.43. The second-order valence-corrected chi connectivity index (χ2v) is 5.55. The molecule has 2 fully saturated rings. The van der Waals surface area contributed by atoms with E-state index in [1.807, 2.05) is 23.1 Å². The van der Waals surface area contributed by atoms with Crippen LogP contribution in [0.1, 0.15) is 30.3 Å². The molecule has 1 amide bonds. The number of nitrogens with one attached hydrogen (secondary N) is 1. The molecule has 1 aromatic heterocycles. The number of hydrogen-bond acceptors (Lipinski definition) is 4. The van der Waals surface area contributed by atoms with Crippen molar-refractivity contribution in [1.29, 1.82) is 0 Å². The number of likely N-dealkylation sites (N-methyl/N-ethyl adjacent to an activating group) is 1. The predicted molar refractivity (Wildman–Crippen MR) is 78.9 cm³/mol. The minimum absolute atomic E-state index is 0.0557. The number of amides is 1. The summed E-state index contributed by atoms with van der Waals surface area (Å²) in [5, 5.41) is 3.34. The highest BCUT2D eigenvalue weighted by molar-refractivity contribution is 5.92. The summed E-state index contributed by atoms with van der Waals surface area (Å²) >= 11 is 0. The number of carbonyl (C=O) groups is 1. The Labute approximate surface area is 120 Å². The quantitative estimate of drug-likeness (QED) is 0.902. The van der Waals surface area contributed by atoms with E-state index in [0.29, 0.717) is 11.7 Å². The zero-order valence-electron chi connectivity index (χ0n) is 12.0. The van der Waals surface area contributed by atoms with E-state index in [1.165, 1.54) is 12.8 Å². The van der Waals surface area contributed by atoms with Crippen LogP contribution in [0.3, 0.4) is 0 Å². The van der Waals surface area contributed by atoms with E-state index in [-0.39, 0.29) is 5.91 Å². The van der Waals surface area contributed by atoms with E-state index in [9.17, 15) is 4.79 Å². The number of carbonyl (C=O) groups excluding carboxylic acids is 1. The van der Waals surface area contributed by atoms with Crippen LogP contribution in [0.15, 0.2) is 18.2 Å². The fourth-order valence-electron chi connectivity index (χ4n) is 2.50. The largest absolute Gasteiger partial charge is 0.367 e. The van der Waals surface area contributed by atoms with E-state index >= 15 is 0 Å². The molecule has 0 atom stereocenters. The van der Waals surface area contributed by atoms with Gasteiger partial charge in [-0.1, -0.05) is 13.0 Å². The average molecular weight is 274 g/mol. The van der Waals surface area contributed by atoms with Gasteiger partial charge in [0, 0.05) is 32.2 Å². The lowest BCUT2D eigenvalue weighted by Gasteiger charge is -2.33. The number of anilines is 1. The Bertz CT molecular complexity index is 479. The maximum Gasteiger partial charge on any atom is 0.272 e. The Morgan fingerprint density at radius 2 is 2.05 bits per heavy atom. The molecule has 1 saturated heterocycles. The molecule has 108 valence electrons. The second-order valence-electron chi connectivity index (χ2n) is 5.55. The van der Waals surface area contributed by atoms with Crippen molar-refractivity contribution in [3.8, 4) is 0 Å². The molecule has 1 saturated carbocycles. The van der Waals surface area contributed by atoms with Crippen molar-refractivity contribution < 1.29 is 4.79 Å². The van der Waals surface area contributed by atoms with Gasteiger partial charge < -0.3 is 15.1 Å². The van der Waals surface area contributed by atoms with Gasteiger partial charge in [-0.2, -0.15) is 0 Å². The van der Waals surface area contributed by atoms with E-state index in [4.69, 9.17) is 0 Å². The number of hydrogen-bond donors (Lipinski definition) is 1. The molecular formula is C15H22N4O. The topological polar surface area (TPSA) is 48.5 Å². The molecule has 1 aliphatic carbocycles. The maximum absolute atomic E-state index is 12.5. The summed E-state index contributed by atoms with van der Waals surface area (Å²) in [6.07, 6.45) is 2.41. The van der Waals surface area contributed by atoms with Crippen LogP contribution in [0.4, 0.5) is 5.82 Å². The number of nitrogens with zero attached hydrogens (tertiary/aromatic N) is 3.